The van der Waals surface area contributed by atoms with Gasteiger partial charge >= 0.3 is 0 Å². The number of hydrogen-bond donors (Lipinski definition) is 1. The number of fused-ring (bicyclic) bond motifs is 2. The molecule has 2 nitrogen and oxygen atoms in total. The third-order valence-corrected chi connectivity index (χ3v) is 3.29. The van der Waals surface area contributed by atoms with Crippen LogP contribution in [0.15, 0.2) is 28.8 Å². The first-order valence-electron chi connectivity index (χ1n) is 5.31. The minimum atomic E-state index is 0.364. The Morgan fingerprint density at radius 1 is 1.27 bits per heavy atom. The van der Waals surface area contributed by atoms with Gasteiger partial charge in [0.25, 0.3) is 0 Å². The van der Waals surface area contributed by atoms with Crippen LogP contribution in [0.2, 0.25) is 0 Å². The average molecular weight is 199 g/mol. The largest absolute Gasteiger partial charge is 0.508 e. The number of aliphatic imine (C=N–C) groups is 1. The Bertz CT molecular complexity index is 497. The summed E-state index contributed by atoms with van der Waals surface area (Å²) in [5.41, 5.74) is 6.56. The predicted molar refractivity (Wildman–Crippen MR) is 61.3 cm³/mol. The second-order valence-corrected chi connectivity index (χ2v) is 4.19. The molecule has 3 rings (SSSR count). The van der Waals surface area contributed by atoms with Gasteiger partial charge < -0.3 is 5.11 Å². The SMILES string of the molecule is CC1=NCCC2=C1Cc1cc(O)ccc12. The van der Waals surface area contributed by atoms with E-state index in [0.29, 0.717) is 5.75 Å². The lowest BCUT2D eigenvalue weighted by molar-refractivity contribution is 0.474. The number of benzene rings is 1. The van der Waals surface area contributed by atoms with E-state index in [0.717, 1.165) is 19.4 Å². The Morgan fingerprint density at radius 3 is 3.00 bits per heavy atom. The van der Waals surface area contributed by atoms with Crippen LogP contribution in [0.4, 0.5) is 0 Å². The highest BCUT2D eigenvalue weighted by molar-refractivity contribution is 6.08. The van der Waals surface area contributed by atoms with Crippen molar-refractivity contribution in [2.24, 2.45) is 4.99 Å². The summed E-state index contributed by atoms with van der Waals surface area (Å²) in [6.07, 6.45) is 1.98. The van der Waals surface area contributed by atoms with Crippen molar-refractivity contribution in [1.82, 2.24) is 0 Å². The van der Waals surface area contributed by atoms with Gasteiger partial charge in [-0.1, -0.05) is 6.07 Å². The van der Waals surface area contributed by atoms with Crippen LogP contribution in [0, 0.1) is 0 Å². The minimum Gasteiger partial charge on any atom is -0.508 e. The second kappa shape index (κ2) is 2.96. The molecule has 0 fully saturated rings. The summed E-state index contributed by atoms with van der Waals surface area (Å²) in [5, 5.41) is 9.45. The maximum atomic E-state index is 9.45. The Labute approximate surface area is 89.0 Å². The first-order valence-corrected chi connectivity index (χ1v) is 5.31. The van der Waals surface area contributed by atoms with E-state index < -0.39 is 0 Å². The molecule has 0 amide bonds. The maximum absolute atomic E-state index is 9.45. The highest BCUT2D eigenvalue weighted by Gasteiger charge is 2.24. The van der Waals surface area contributed by atoms with E-state index in [9.17, 15) is 5.11 Å². The minimum absolute atomic E-state index is 0.364. The zero-order chi connectivity index (χ0) is 10.4. The zero-order valence-electron chi connectivity index (χ0n) is 8.75. The topological polar surface area (TPSA) is 32.6 Å². The lowest BCUT2D eigenvalue weighted by atomic mass is 9.99. The fraction of sp³-hybridized carbons (Fsp3) is 0.308. The number of phenols is 1. The number of phenolic OH excluding ortho intramolecular Hbond substituents is 1. The number of rotatable bonds is 0. The van der Waals surface area contributed by atoms with Crippen LogP contribution >= 0.6 is 0 Å². The van der Waals surface area contributed by atoms with E-state index in [1.165, 1.54) is 28.0 Å². The van der Waals surface area contributed by atoms with E-state index in [1.54, 1.807) is 6.07 Å². The summed E-state index contributed by atoms with van der Waals surface area (Å²) in [4.78, 5) is 4.47. The molecule has 1 aromatic rings. The first kappa shape index (κ1) is 8.72. The summed E-state index contributed by atoms with van der Waals surface area (Å²) in [6, 6.07) is 5.68. The molecule has 2 aliphatic rings. The van der Waals surface area contributed by atoms with E-state index in [4.69, 9.17) is 0 Å². The Balaban J connectivity index is 2.15. The Kier molecular flexibility index (Phi) is 1.72. The molecule has 0 aromatic heterocycles. The first-order chi connectivity index (χ1) is 7.25. The molecular formula is C13H13NO. The quantitative estimate of drug-likeness (QED) is 0.684. The van der Waals surface area contributed by atoms with Gasteiger partial charge in [0.05, 0.1) is 0 Å². The molecule has 0 radical (unpaired) electrons. The molecule has 2 heteroatoms. The van der Waals surface area contributed by atoms with Crippen LogP contribution in [0.1, 0.15) is 24.5 Å². The van der Waals surface area contributed by atoms with Crippen LogP contribution in [0.5, 0.6) is 5.75 Å². The van der Waals surface area contributed by atoms with Crippen LogP contribution in [0.25, 0.3) is 5.57 Å². The number of nitrogens with zero attached hydrogens (tertiary/aromatic N) is 1. The Hall–Kier alpha value is -1.57. The van der Waals surface area contributed by atoms with Gasteiger partial charge in [-0.25, -0.2) is 0 Å². The molecule has 0 saturated carbocycles. The van der Waals surface area contributed by atoms with E-state index >= 15 is 0 Å². The van der Waals surface area contributed by atoms with Crippen molar-refractivity contribution in [1.29, 1.82) is 0 Å². The lowest BCUT2D eigenvalue weighted by Crippen LogP contribution is -2.05. The summed E-state index contributed by atoms with van der Waals surface area (Å²) in [5.74, 6) is 0.364. The smallest absolute Gasteiger partial charge is 0.115 e. The molecule has 1 aromatic carbocycles. The van der Waals surface area contributed by atoms with Crippen molar-refractivity contribution >= 4 is 11.3 Å². The predicted octanol–water partition coefficient (Wildman–Crippen LogP) is 2.57. The fourth-order valence-electron chi connectivity index (χ4n) is 2.54. The third kappa shape index (κ3) is 1.21. The summed E-state index contributed by atoms with van der Waals surface area (Å²) < 4.78 is 0. The van der Waals surface area contributed by atoms with Gasteiger partial charge in [0, 0.05) is 18.7 Å². The molecule has 0 unspecified atom stereocenters. The van der Waals surface area contributed by atoms with Gasteiger partial charge in [-0.2, -0.15) is 0 Å². The molecule has 1 aliphatic carbocycles. The number of dihydropyridines is 1. The number of aromatic hydroxyl groups is 1. The van der Waals surface area contributed by atoms with Crippen LogP contribution in [0.3, 0.4) is 0 Å². The number of hydrogen-bond acceptors (Lipinski definition) is 2. The highest BCUT2D eigenvalue weighted by atomic mass is 16.3. The fourth-order valence-corrected chi connectivity index (χ4v) is 2.54. The molecule has 76 valence electrons. The van der Waals surface area contributed by atoms with Crippen molar-refractivity contribution in [3.8, 4) is 5.75 Å². The van der Waals surface area contributed by atoms with Gasteiger partial charge in [-0.3, -0.25) is 4.99 Å². The summed E-state index contributed by atoms with van der Waals surface area (Å²) >= 11 is 0. The molecular weight excluding hydrogens is 186 g/mol. The van der Waals surface area contributed by atoms with Gasteiger partial charge in [0.1, 0.15) is 5.75 Å². The normalized spacial score (nSPS) is 18.6. The molecule has 1 heterocycles. The molecule has 15 heavy (non-hydrogen) atoms. The Morgan fingerprint density at radius 2 is 2.13 bits per heavy atom. The highest BCUT2D eigenvalue weighted by Crippen LogP contribution is 2.38. The monoisotopic (exact) mass is 199 g/mol. The van der Waals surface area contributed by atoms with Gasteiger partial charge in [0.15, 0.2) is 0 Å². The maximum Gasteiger partial charge on any atom is 0.115 e. The van der Waals surface area contributed by atoms with Gasteiger partial charge in [0.2, 0.25) is 0 Å². The van der Waals surface area contributed by atoms with Crippen molar-refractivity contribution in [2.45, 2.75) is 19.8 Å². The molecule has 0 spiro atoms. The van der Waals surface area contributed by atoms with Crippen LogP contribution in [-0.4, -0.2) is 17.4 Å². The van der Waals surface area contributed by atoms with E-state index in [-0.39, 0.29) is 0 Å². The van der Waals surface area contributed by atoms with Crippen LogP contribution < -0.4 is 0 Å². The third-order valence-electron chi connectivity index (χ3n) is 3.29. The molecule has 0 saturated heterocycles. The summed E-state index contributed by atoms with van der Waals surface area (Å²) in [6.45, 7) is 2.99. The lowest BCUT2D eigenvalue weighted by Gasteiger charge is -2.12. The van der Waals surface area contributed by atoms with Gasteiger partial charge in [-0.15, -0.1) is 0 Å². The van der Waals surface area contributed by atoms with Crippen molar-refractivity contribution in [3.63, 3.8) is 0 Å². The van der Waals surface area contributed by atoms with Crippen LogP contribution in [-0.2, 0) is 6.42 Å². The molecule has 0 bridgehead atoms. The molecule has 0 atom stereocenters. The van der Waals surface area contributed by atoms with Crippen molar-refractivity contribution in [3.05, 3.63) is 34.9 Å². The standard InChI is InChI=1S/C13H13NO/c1-8-13-7-9-6-10(15)2-3-11(9)12(13)4-5-14-8/h2-3,6,15H,4-5,7H2,1H3. The molecule has 1 aliphatic heterocycles. The molecule has 1 N–H and O–H groups in total. The number of allylic oxidation sites excluding steroid dienone is 1. The average Bonchev–Trinajstić information content (AvgIpc) is 2.57. The van der Waals surface area contributed by atoms with E-state index in [1.807, 2.05) is 12.1 Å². The van der Waals surface area contributed by atoms with Crippen molar-refractivity contribution in [2.75, 3.05) is 6.54 Å². The second-order valence-electron chi connectivity index (χ2n) is 4.19. The van der Waals surface area contributed by atoms with Crippen molar-refractivity contribution < 1.29 is 5.11 Å². The zero-order valence-corrected chi connectivity index (χ0v) is 8.75. The van der Waals surface area contributed by atoms with Gasteiger partial charge in [-0.05, 0) is 47.8 Å². The van der Waals surface area contributed by atoms with E-state index in [2.05, 4.69) is 11.9 Å². The summed E-state index contributed by atoms with van der Waals surface area (Å²) in [7, 11) is 0.